The number of likely N-dealkylation sites (tertiary alicyclic amines) is 1. The summed E-state index contributed by atoms with van der Waals surface area (Å²) in [6.45, 7) is 1.14. The number of amides is 3. The number of rotatable bonds is 2. The number of carbonyl (C=O) groups excluding carboxylic acids is 2. The lowest BCUT2D eigenvalue weighted by molar-refractivity contribution is -0.183. The predicted molar refractivity (Wildman–Crippen MR) is 115 cm³/mol. The number of alkyl halides is 3. The largest absolute Gasteiger partial charge is 0.491 e. The number of nitrogens with zero attached hydrogens (tertiary/aromatic N) is 3. The third-order valence-corrected chi connectivity index (χ3v) is 6.10. The summed E-state index contributed by atoms with van der Waals surface area (Å²) in [6.07, 6.45) is -2.75. The minimum Gasteiger partial charge on any atom is -0.491 e. The van der Waals surface area contributed by atoms with Crippen molar-refractivity contribution < 1.29 is 27.5 Å². The summed E-state index contributed by atoms with van der Waals surface area (Å²) in [4.78, 5) is 32.0. The molecule has 1 N–H and O–H groups in total. The normalized spacial score (nSPS) is 17.1. The first-order chi connectivity index (χ1) is 15.8. The Morgan fingerprint density at radius 3 is 2.42 bits per heavy atom. The van der Waals surface area contributed by atoms with E-state index in [1.807, 2.05) is 18.2 Å². The van der Waals surface area contributed by atoms with Gasteiger partial charge in [-0.1, -0.05) is 12.1 Å². The summed E-state index contributed by atoms with van der Waals surface area (Å²) < 4.78 is 44.6. The van der Waals surface area contributed by atoms with Crippen molar-refractivity contribution in [1.82, 2.24) is 20.1 Å². The van der Waals surface area contributed by atoms with Gasteiger partial charge in [-0.15, -0.1) is 0 Å². The second-order valence-electron chi connectivity index (χ2n) is 8.19. The van der Waals surface area contributed by atoms with Crippen LogP contribution in [0.25, 0.3) is 11.1 Å². The fourth-order valence-corrected chi connectivity index (χ4v) is 4.16. The summed E-state index contributed by atoms with van der Waals surface area (Å²) >= 11 is 0. The molecule has 2 aliphatic heterocycles. The lowest BCUT2D eigenvalue weighted by atomic mass is 9.96. The minimum atomic E-state index is -4.21. The van der Waals surface area contributed by atoms with Gasteiger partial charge in [-0.05, 0) is 36.6 Å². The fourth-order valence-electron chi connectivity index (χ4n) is 4.16. The van der Waals surface area contributed by atoms with Gasteiger partial charge in [0.25, 0.3) is 5.91 Å². The molecule has 2 aliphatic rings. The zero-order valence-electron chi connectivity index (χ0n) is 18.2. The molecule has 7 nitrogen and oxygen atoms in total. The highest BCUT2D eigenvalue weighted by molar-refractivity contribution is 5.92. The number of nitrogens with one attached hydrogen (secondary N) is 1. The van der Waals surface area contributed by atoms with Gasteiger partial charge in [0.2, 0.25) is 0 Å². The standard InChI is InChI=1S/C23H25F3N4O3/c1-27-21(31)19-4-2-16(13-28-19)15-3-5-20-17(12-15)14-30(10-11-33-20)22(32)29-8-6-18(7-9-29)23(24,25)26/h2-5,12-13,18H,6-11,14H2,1H3,(H,27,31). The van der Waals surface area contributed by atoms with Crippen molar-refractivity contribution in [2.75, 3.05) is 33.3 Å². The predicted octanol–water partition coefficient (Wildman–Crippen LogP) is 3.70. The minimum absolute atomic E-state index is 0.0701. The molecule has 0 atom stereocenters. The molecule has 1 fully saturated rings. The van der Waals surface area contributed by atoms with Gasteiger partial charge < -0.3 is 19.9 Å². The van der Waals surface area contributed by atoms with Gasteiger partial charge >= 0.3 is 12.2 Å². The molecule has 10 heteroatoms. The van der Waals surface area contributed by atoms with Crippen LogP contribution < -0.4 is 10.1 Å². The van der Waals surface area contributed by atoms with Crippen LogP contribution >= 0.6 is 0 Å². The molecule has 2 aromatic rings. The van der Waals surface area contributed by atoms with Crippen LogP contribution in [0.15, 0.2) is 36.5 Å². The van der Waals surface area contributed by atoms with Crippen molar-refractivity contribution in [3.63, 3.8) is 0 Å². The third-order valence-electron chi connectivity index (χ3n) is 6.10. The van der Waals surface area contributed by atoms with Crippen LogP contribution in [-0.2, 0) is 6.54 Å². The van der Waals surface area contributed by atoms with Crippen LogP contribution in [-0.4, -0.2) is 66.2 Å². The number of halogens is 3. The van der Waals surface area contributed by atoms with Crippen LogP contribution in [0.1, 0.15) is 28.9 Å². The molecule has 0 spiro atoms. The summed E-state index contributed by atoms with van der Waals surface area (Å²) in [5.74, 6) is -0.953. The Labute approximate surface area is 189 Å². The van der Waals surface area contributed by atoms with E-state index in [-0.39, 0.29) is 37.9 Å². The van der Waals surface area contributed by atoms with Gasteiger partial charge in [-0.25, -0.2) is 4.79 Å². The molecule has 1 aromatic heterocycles. The van der Waals surface area contributed by atoms with Crippen LogP contribution in [0.5, 0.6) is 5.75 Å². The SMILES string of the molecule is CNC(=O)c1ccc(-c2ccc3c(c2)CN(C(=O)N2CCC(C(F)(F)F)CC2)CCO3)cn1. The van der Waals surface area contributed by atoms with E-state index in [1.165, 1.54) is 11.9 Å². The van der Waals surface area contributed by atoms with Gasteiger partial charge in [-0.2, -0.15) is 13.2 Å². The summed E-state index contributed by atoms with van der Waals surface area (Å²) in [5, 5.41) is 2.53. The molecular weight excluding hydrogens is 437 g/mol. The fraction of sp³-hybridized carbons (Fsp3) is 0.435. The highest BCUT2D eigenvalue weighted by Crippen LogP contribution is 2.35. The second kappa shape index (κ2) is 9.29. The first kappa shape index (κ1) is 22.9. The van der Waals surface area contributed by atoms with E-state index in [4.69, 9.17) is 4.74 Å². The molecule has 33 heavy (non-hydrogen) atoms. The number of piperidine rings is 1. The van der Waals surface area contributed by atoms with Crippen molar-refractivity contribution in [1.29, 1.82) is 0 Å². The average molecular weight is 462 g/mol. The monoisotopic (exact) mass is 462 g/mol. The van der Waals surface area contributed by atoms with Crippen molar-refractivity contribution in [2.45, 2.75) is 25.6 Å². The maximum absolute atomic E-state index is 13.0. The quantitative estimate of drug-likeness (QED) is 0.739. The molecule has 1 aromatic carbocycles. The van der Waals surface area contributed by atoms with E-state index < -0.39 is 12.1 Å². The number of aromatic nitrogens is 1. The Kier molecular flexibility index (Phi) is 6.44. The van der Waals surface area contributed by atoms with Crippen LogP contribution in [0, 0.1) is 5.92 Å². The number of benzene rings is 1. The van der Waals surface area contributed by atoms with Gasteiger partial charge in [0.1, 0.15) is 18.1 Å². The van der Waals surface area contributed by atoms with E-state index in [1.54, 1.807) is 23.2 Å². The topological polar surface area (TPSA) is 74.8 Å². The van der Waals surface area contributed by atoms with E-state index in [9.17, 15) is 22.8 Å². The highest BCUT2D eigenvalue weighted by atomic mass is 19.4. The van der Waals surface area contributed by atoms with Crippen molar-refractivity contribution in [3.05, 3.63) is 47.8 Å². The van der Waals surface area contributed by atoms with Crippen LogP contribution in [0.2, 0.25) is 0 Å². The molecule has 3 amide bonds. The molecule has 0 bridgehead atoms. The Bertz CT molecular complexity index is 1020. The molecular formula is C23H25F3N4O3. The summed E-state index contributed by atoms with van der Waals surface area (Å²) in [6, 6.07) is 8.79. The molecule has 3 heterocycles. The van der Waals surface area contributed by atoms with E-state index in [2.05, 4.69) is 10.3 Å². The third kappa shape index (κ3) is 5.04. The molecule has 0 aliphatic carbocycles. The number of hydrogen-bond donors (Lipinski definition) is 1. The number of pyridine rings is 1. The second-order valence-corrected chi connectivity index (χ2v) is 8.19. The van der Waals surface area contributed by atoms with Gasteiger partial charge in [0.05, 0.1) is 19.0 Å². The van der Waals surface area contributed by atoms with Gasteiger partial charge in [-0.3, -0.25) is 9.78 Å². The first-order valence-corrected chi connectivity index (χ1v) is 10.8. The molecule has 0 unspecified atom stereocenters. The van der Waals surface area contributed by atoms with Crippen LogP contribution in [0.3, 0.4) is 0 Å². The summed E-state index contributed by atoms with van der Waals surface area (Å²) in [5.41, 5.74) is 2.78. The number of fused-ring (bicyclic) bond motifs is 1. The van der Waals surface area contributed by atoms with Crippen molar-refractivity contribution in [3.8, 4) is 16.9 Å². The van der Waals surface area contributed by atoms with Crippen LogP contribution in [0.4, 0.5) is 18.0 Å². The number of urea groups is 1. The number of ether oxygens (including phenoxy) is 1. The smallest absolute Gasteiger partial charge is 0.391 e. The molecule has 4 rings (SSSR count). The maximum Gasteiger partial charge on any atom is 0.391 e. The van der Waals surface area contributed by atoms with Crippen molar-refractivity contribution in [2.24, 2.45) is 5.92 Å². The van der Waals surface area contributed by atoms with Gasteiger partial charge in [0.15, 0.2) is 0 Å². The highest BCUT2D eigenvalue weighted by Gasteiger charge is 2.42. The molecule has 1 saturated heterocycles. The lowest BCUT2D eigenvalue weighted by Gasteiger charge is -2.35. The Hall–Kier alpha value is -3.30. The first-order valence-electron chi connectivity index (χ1n) is 10.8. The maximum atomic E-state index is 13.0. The van der Waals surface area contributed by atoms with E-state index in [0.29, 0.717) is 31.1 Å². The molecule has 0 radical (unpaired) electrons. The average Bonchev–Trinajstić information content (AvgIpc) is 3.04. The number of hydrogen-bond acceptors (Lipinski definition) is 4. The van der Waals surface area contributed by atoms with Gasteiger partial charge in [0, 0.05) is 37.5 Å². The van der Waals surface area contributed by atoms with E-state index in [0.717, 1.165) is 16.7 Å². The lowest BCUT2D eigenvalue weighted by Crippen LogP contribution is -2.48. The van der Waals surface area contributed by atoms with Crippen molar-refractivity contribution >= 4 is 11.9 Å². The Morgan fingerprint density at radius 1 is 1.06 bits per heavy atom. The molecule has 176 valence electrons. The Balaban J connectivity index is 1.48. The summed E-state index contributed by atoms with van der Waals surface area (Å²) in [7, 11) is 1.54. The number of carbonyl (C=O) groups is 2. The zero-order chi connectivity index (χ0) is 23.6. The van der Waals surface area contributed by atoms with E-state index >= 15 is 0 Å². The Morgan fingerprint density at radius 2 is 1.79 bits per heavy atom. The zero-order valence-corrected chi connectivity index (χ0v) is 18.2. The molecule has 0 saturated carbocycles.